The second-order valence-electron chi connectivity index (χ2n) is 6.66. The van der Waals surface area contributed by atoms with E-state index in [9.17, 15) is 24.5 Å². The number of hydrogen-bond acceptors (Lipinski definition) is 8. The fourth-order valence-electron chi connectivity index (χ4n) is 3.16. The molecule has 0 atom stereocenters. The number of nitro groups is 1. The number of likely N-dealkylation sites (tertiary alicyclic amines) is 1. The highest BCUT2D eigenvalue weighted by Crippen LogP contribution is 2.29. The van der Waals surface area contributed by atoms with Gasteiger partial charge in [-0.2, -0.15) is 4.68 Å². The number of carbonyl (C=O) groups excluding carboxylic acids is 2. The molecule has 0 spiro atoms. The molecule has 0 aliphatic carbocycles. The maximum atomic E-state index is 12.5. The highest BCUT2D eigenvalue weighted by molar-refractivity contribution is 6.33. The van der Waals surface area contributed by atoms with E-state index in [0.717, 1.165) is 10.7 Å². The number of nitro benzene ring substituents is 1. The zero-order chi connectivity index (χ0) is 21.8. The van der Waals surface area contributed by atoms with Crippen molar-refractivity contribution < 1.29 is 23.7 Å². The van der Waals surface area contributed by atoms with Gasteiger partial charge in [-0.05, 0) is 25.8 Å². The van der Waals surface area contributed by atoms with Crippen LogP contribution in [0.15, 0.2) is 27.4 Å². The maximum absolute atomic E-state index is 12.5. The quantitative estimate of drug-likeness (QED) is 0.378. The summed E-state index contributed by atoms with van der Waals surface area (Å²) in [6, 6.07) is 3.64. The topological polar surface area (TPSA) is 138 Å². The van der Waals surface area contributed by atoms with Crippen LogP contribution in [0.25, 0.3) is 11.5 Å². The molecule has 3 rings (SSSR count). The van der Waals surface area contributed by atoms with Gasteiger partial charge in [0, 0.05) is 25.2 Å². The molecule has 2 heterocycles. The summed E-state index contributed by atoms with van der Waals surface area (Å²) >= 11 is 6.03. The minimum Gasteiger partial charge on any atom is -0.466 e. The molecule has 0 bridgehead atoms. The Morgan fingerprint density at radius 2 is 2.07 bits per heavy atom. The van der Waals surface area contributed by atoms with E-state index < -0.39 is 10.7 Å². The van der Waals surface area contributed by atoms with E-state index in [1.165, 1.54) is 12.1 Å². The first-order valence-electron chi connectivity index (χ1n) is 9.26. The molecule has 1 aliphatic rings. The minimum absolute atomic E-state index is 0.00929. The normalized spacial score (nSPS) is 14.5. The molecular weight excluding hydrogens is 420 g/mol. The molecular formula is C18H19ClN4O7. The summed E-state index contributed by atoms with van der Waals surface area (Å²) < 4.78 is 10.9. The van der Waals surface area contributed by atoms with E-state index >= 15 is 0 Å². The lowest BCUT2D eigenvalue weighted by Gasteiger charge is -2.30. The molecule has 0 unspecified atom stereocenters. The molecule has 1 fully saturated rings. The van der Waals surface area contributed by atoms with E-state index in [-0.39, 0.29) is 46.5 Å². The highest BCUT2D eigenvalue weighted by Gasteiger charge is 2.29. The van der Waals surface area contributed by atoms with Gasteiger partial charge in [0.15, 0.2) is 0 Å². The summed E-state index contributed by atoms with van der Waals surface area (Å²) in [6.07, 6.45) is 0.976. The first kappa shape index (κ1) is 21.5. The lowest BCUT2D eigenvalue weighted by molar-refractivity contribution is -0.384. The van der Waals surface area contributed by atoms with Gasteiger partial charge in [0.25, 0.3) is 11.6 Å². The Morgan fingerprint density at radius 3 is 2.67 bits per heavy atom. The molecule has 1 saturated heterocycles. The van der Waals surface area contributed by atoms with E-state index in [1.54, 1.807) is 11.8 Å². The SMILES string of the molecule is CCOC(=O)C1CCN(C(=O)Cn2nc(-c3ccc([N+](=O)[O-])cc3Cl)oc2=O)CC1. The summed E-state index contributed by atoms with van der Waals surface area (Å²) in [5.41, 5.74) is -0.0206. The molecule has 160 valence electrons. The fraction of sp³-hybridized carbons (Fsp3) is 0.444. The van der Waals surface area contributed by atoms with Gasteiger partial charge in [-0.3, -0.25) is 19.7 Å². The van der Waals surface area contributed by atoms with Crippen molar-refractivity contribution in [3.8, 4) is 11.5 Å². The first-order chi connectivity index (χ1) is 14.3. The van der Waals surface area contributed by atoms with Crippen LogP contribution in [0.5, 0.6) is 0 Å². The van der Waals surface area contributed by atoms with Gasteiger partial charge in [0.05, 0.1) is 28.0 Å². The number of hydrogen-bond donors (Lipinski definition) is 0. The summed E-state index contributed by atoms with van der Waals surface area (Å²) in [5.74, 6) is -1.83. The number of esters is 1. The monoisotopic (exact) mass is 438 g/mol. The molecule has 1 aromatic carbocycles. The number of piperidine rings is 1. The number of halogens is 1. The Morgan fingerprint density at radius 1 is 1.37 bits per heavy atom. The van der Waals surface area contributed by atoms with Crippen LogP contribution in [-0.4, -0.2) is 51.2 Å². The number of aromatic nitrogens is 2. The minimum atomic E-state index is -0.853. The number of ether oxygens (including phenoxy) is 1. The van der Waals surface area contributed by atoms with E-state index in [4.69, 9.17) is 20.8 Å². The summed E-state index contributed by atoms with van der Waals surface area (Å²) in [5, 5.41) is 14.8. The van der Waals surface area contributed by atoms with Crippen molar-refractivity contribution in [3.63, 3.8) is 0 Å². The van der Waals surface area contributed by atoms with E-state index in [2.05, 4.69) is 5.10 Å². The van der Waals surface area contributed by atoms with Crippen molar-refractivity contribution in [2.45, 2.75) is 26.3 Å². The van der Waals surface area contributed by atoms with Crippen molar-refractivity contribution in [2.24, 2.45) is 5.92 Å². The second kappa shape index (κ2) is 9.08. The summed E-state index contributed by atoms with van der Waals surface area (Å²) in [6.45, 7) is 2.46. The Bertz CT molecular complexity index is 1020. The lowest BCUT2D eigenvalue weighted by atomic mass is 9.97. The highest BCUT2D eigenvalue weighted by atomic mass is 35.5. The van der Waals surface area contributed by atoms with Crippen LogP contribution in [0.2, 0.25) is 5.02 Å². The van der Waals surface area contributed by atoms with Gasteiger partial charge in [-0.1, -0.05) is 11.6 Å². The Labute approximate surface area is 175 Å². The third kappa shape index (κ3) is 4.67. The molecule has 0 saturated carbocycles. The van der Waals surface area contributed by atoms with Crippen molar-refractivity contribution >= 4 is 29.2 Å². The van der Waals surface area contributed by atoms with Gasteiger partial charge in [0.1, 0.15) is 6.54 Å². The van der Waals surface area contributed by atoms with Crippen molar-refractivity contribution in [1.82, 2.24) is 14.7 Å². The fourth-order valence-corrected chi connectivity index (χ4v) is 3.41. The van der Waals surface area contributed by atoms with Gasteiger partial charge < -0.3 is 14.1 Å². The van der Waals surface area contributed by atoms with Crippen LogP contribution in [-0.2, 0) is 20.9 Å². The third-order valence-corrected chi connectivity index (χ3v) is 5.07. The van der Waals surface area contributed by atoms with Gasteiger partial charge in [0.2, 0.25) is 5.91 Å². The number of benzene rings is 1. The Hall–Kier alpha value is -3.21. The number of nitrogens with zero attached hydrogens (tertiary/aromatic N) is 4. The largest absolute Gasteiger partial charge is 0.466 e. The number of carbonyl (C=O) groups is 2. The van der Waals surface area contributed by atoms with Crippen molar-refractivity contribution in [3.05, 3.63) is 43.9 Å². The predicted molar refractivity (Wildman–Crippen MR) is 104 cm³/mol. The zero-order valence-corrected chi connectivity index (χ0v) is 16.8. The average molecular weight is 439 g/mol. The molecule has 2 aromatic rings. The Balaban J connectivity index is 1.67. The number of non-ortho nitro benzene ring substituents is 1. The van der Waals surface area contributed by atoms with Crippen LogP contribution in [0.4, 0.5) is 5.69 Å². The van der Waals surface area contributed by atoms with E-state index in [0.29, 0.717) is 32.5 Å². The van der Waals surface area contributed by atoms with Crippen LogP contribution in [0.3, 0.4) is 0 Å². The van der Waals surface area contributed by atoms with Gasteiger partial charge >= 0.3 is 11.7 Å². The molecule has 11 nitrogen and oxygen atoms in total. The molecule has 1 amide bonds. The molecule has 0 radical (unpaired) electrons. The molecule has 0 N–H and O–H groups in total. The van der Waals surface area contributed by atoms with Gasteiger partial charge in [-0.15, -0.1) is 5.10 Å². The van der Waals surface area contributed by atoms with Crippen LogP contribution in [0.1, 0.15) is 19.8 Å². The lowest BCUT2D eigenvalue weighted by Crippen LogP contribution is -2.43. The number of rotatable bonds is 6. The third-order valence-electron chi connectivity index (χ3n) is 4.75. The number of amides is 1. The van der Waals surface area contributed by atoms with E-state index in [1.807, 2.05) is 0 Å². The molecule has 12 heteroatoms. The van der Waals surface area contributed by atoms with Gasteiger partial charge in [-0.25, -0.2) is 4.79 Å². The summed E-state index contributed by atoms with van der Waals surface area (Å²) in [7, 11) is 0. The van der Waals surface area contributed by atoms with Crippen LogP contribution >= 0.6 is 11.6 Å². The molecule has 1 aliphatic heterocycles. The van der Waals surface area contributed by atoms with Crippen molar-refractivity contribution in [1.29, 1.82) is 0 Å². The second-order valence-corrected chi connectivity index (χ2v) is 7.07. The van der Waals surface area contributed by atoms with Crippen molar-refractivity contribution in [2.75, 3.05) is 19.7 Å². The zero-order valence-electron chi connectivity index (χ0n) is 16.1. The molecule has 30 heavy (non-hydrogen) atoms. The smallest absolute Gasteiger partial charge is 0.437 e. The first-order valence-corrected chi connectivity index (χ1v) is 9.64. The maximum Gasteiger partial charge on any atom is 0.437 e. The van der Waals surface area contributed by atoms with Crippen LogP contribution < -0.4 is 5.76 Å². The summed E-state index contributed by atoms with van der Waals surface area (Å²) in [4.78, 5) is 48.2. The van der Waals surface area contributed by atoms with Crippen LogP contribution in [0, 0.1) is 16.0 Å². The average Bonchev–Trinajstić information content (AvgIpc) is 3.08. The molecule has 1 aromatic heterocycles. The predicted octanol–water partition coefficient (Wildman–Crippen LogP) is 1.87. The standard InChI is InChI=1S/C18H19ClN4O7/c1-2-29-17(25)11-5-7-21(8-6-11)15(24)10-22-18(26)30-16(20-22)13-4-3-12(23(27)28)9-14(13)19/h3-4,9,11H,2,5-8,10H2,1H3. The Kier molecular flexibility index (Phi) is 6.50.